The van der Waals surface area contributed by atoms with Crippen LogP contribution in [-0.2, 0) is 9.53 Å². The van der Waals surface area contributed by atoms with Gasteiger partial charge in [-0.1, -0.05) is 12.8 Å². The van der Waals surface area contributed by atoms with Gasteiger partial charge in [-0.2, -0.15) is 0 Å². The third-order valence-corrected chi connectivity index (χ3v) is 3.99. The molecule has 2 rings (SSSR count). The van der Waals surface area contributed by atoms with Crippen molar-refractivity contribution >= 4 is 5.91 Å². The third-order valence-electron chi connectivity index (χ3n) is 3.99. The highest BCUT2D eigenvalue weighted by Crippen LogP contribution is 2.37. The van der Waals surface area contributed by atoms with E-state index in [1.165, 1.54) is 0 Å². The van der Waals surface area contributed by atoms with E-state index in [1.54, 1.807) is 0 Å². The monoisotopic (exact) mass is 226 g/mol. The molecule has 0 radical (unpaired) electrons. The van der Waals surface area contributed by atoms with E-state index in [-0.39, 0.29) is 11.3 Å². The molecule has 0 atom stereocenters. The van der Waals surface area contributed by atoms with Crippen LogP contribution in [0.15, 0.2) is 0 Å². The third kappa shape index (κ3) is 2.38. The minimum atomic E-state index is -0.266. The lowest BCUT2D eigenvalue weighted by Gasteiger charge is -2.30. The fraction of sp³-hybridized carbons (Fsp3) is 0.917. The molecule has 4 nitrogen and oxygen atoms in total. The lowest BCUT2D eigenvalue weighted by Crippen LogP contribution is -2.49. The van der Waals surface area contributed by atoms with Crippen LogP contribution in [0.3, 0.4) is 0 Å². The van der Waals surface area contributed by atoms with E-state index in [1.807, 2.05) is 0 Å². The highest BCUT2D eigenvalue weighted by molar-refractivity contribution is 5.83. The van der Waals surface area contributed by atoms with E-state index < -0.39 is 0 Å². The molecule has 0 bridgehead atoms. The zero-order chi connectivity index (χ0) is 11.4. The molecule has 0 aromatic rings. The van der Waals surface area contributed by atoms with Gasteiger partial charge in [0.05, 0.1) is 5.41 Å². The van der Waals surface area contributed by atoms with Crippen LogP contribution >= 0.6 is 0 Å². The molecule has 0 unspecified atom stereocenters. The van der Waals surface area contributed by atoms with Gasteiger partial charge in [-0.15, -0.1) is 0 Å². The minimum Gasteiger partial charge on any atom is -0.381 e. The predicted molar refractivity (Wildman–Crippen MR) is 61.9 cm³/mol. The summed E-state index contributed by atoms with van der Waals surface area (Å²) >= 11 is 0. The van der Waals surface area contributed by atoms with Crippen LogP contribution in [-0.4, -0.2) is 31.7 Å². The van der Waals surface area contributed by atoms with E-state index in [9.17, 15) is 4.79 Å². The molecule has 2 fully saturated rings. The minimum absolute atomic E-state index is 0.180. The van der Waals surface area contributed by atoms with Gasteiger partial charge in [0.2, 0.25) is 5.91 Å². The van der Waals surface area contributed by atoms with Gasteiger partial charge >= 0.3 is 0 Å². The van der Waals surface area contributed by atoms with Crippen molar-refractivity contribution in [1.82, 2.24) is 5.32 Å². The Bertz CT molecular complexity index is 243. The number of amides is 1. The molecule has 0 aromatic carbocycles. The van der Waals surface area contributed by atoms with Crippen LogP contribution in [0, 0.1) is 5.41 Å². The molecular weight excluding hydrogens is 204 g/mol. The molecule has 1 saturated heterocycles. The summed E-state index contributed by atoms with van der Waals surface area (Å²) in [5.41, 5.74) is 5.52. The molecule has 4 heteroatoms. The van der Waals surface area contributed by atoms with Crippen molar-refractivity contribution in [3.05, 3.63) is 0 Å². The average Bonchev–Trinajstić information content (AvgIpc) is 2.80. The summed E-state index contributed by atoms with van der Waals surface area (Å²) in [5.74, 6) is 0.180. The summed E-state index contributed by atoms with van der Waals surface area (Å²) < 4.78 is 5.28. The van der Waals surface area contributed by atoms with Crippen molar-refractivity contribution in [3.8, 4) is 0 Å². The molecule has 92 valence electrons. The van der Waals surface area contributed by atoms with Crippen LogP contribution in [0.5, 0.6) is 0 Å². The van der Waals surface area contributed by atoms with Gasteiger partial charge in [-0.3, -0.25) is 4.79 Å². The number of ether oxygens (including phenoxy) is 1. The standard InChI is InChI=1S/C12H22N2O2/c13-9-12(5-1-2-6-12)11(15)14-10-3-7-16-8-4-10/h10H,1-9,13H2,(H,14,15). The Morgan fingerprint density at radius 3 is 2.50 bits per heavy atom. The number of hydrogen-bond acceptors (Lipinski definition) is 3. The van der Waals surface area contributed by atoms with Crippen LogP contribution in [0.1, 0.15) is 38.5 Å². The number of rotatable bonds is 3. The SMILES string of the molecule is NCC1(C(=O)NC2CCOCC2)CCCC1. The van der Waals surface area contributed by atoms with Crippen molar-refractivity contribution in [2.45, 2.75) is 44.6 Å². The van der Waals surface area contributed by atoms with E-state index in [2.05, 4.69) is 5.32 Å². The summed E-state index contributed by atoms with van der Waals surface area (Å²) in [6.07, 6.45) is 6.06. The number of nitrogens with two attached hydrogens (primary N) is 1. The van der Waals surface area contributed by atoms with Gasteiger partial charge in [0.15, 0.2) is 0 Å². The second-order valence-electron chi connectivity index (χ2n) is 5.05. The molecule has 3 N–H and O–H groups in total. The second-order valence-corrected chi connectivity index (χ2v) is 5.05. The molecule has 0 spiro atoms. The summed E-state index contributed by atoms with van der Waals surface area (Å²) in [6.45, 7) is 2.02. The Labute approximate surface area is 96.9 Å². The first kappa shape index (κ1) is 11.9. The molecule has 1 aliphatic carbocycles. The molecule has 16 heavy (non-hydrogen) atoms. The molecule has 0 aromatic heterocycles. The maximum atomic E-state index is 12.2. The van der Waals surface area contributed by atoms with Gasteiger partial charge in [-0.05, 0) is 25.7 Å². The quantitative estimate of drug-likeness (QED) is 0.748. The molecule has 1 heterocycles. The normalized spacial score (nSPS) is 25.6. The molecule has 1 amide bonds. The lowest BCUT2D eigenvalue weighted by molar-refractivity contribution is -0.131. The van der Waals surface area contributed by atoms with Crippen LogP contribution in [0.2, 0.25) is 0 Å². The number of carbonyl (C=O) groups excluding carboxylic acids is 1. The van der Waals surface area contributed by atoms with Crippen molar-refractivity contribution < 1.29 is 9.53 Å². The Balaban J connectivity index is 1.90. The van der Waals surface area contributed by atoms with E-state index in [4.69, 9.17) is 10.5 Å². The average molecular weight is 226 g/mol. The smallest absolute Gasteiger partial charge is 0.227 e. The van der Waals surface area contributed by atoms with Crippen molar-refractivity contribution in [2.75, 3.05) is 19.8 Å². The van der Waals surface area contributed by atoms with Gasteiger partial charge in [0.1, 0.15) is 0 Å². The number of carbonyl (C=O) groups is 1. The lowest BCUT2D eigenvalue weighted by atomic mass is 9.85. The van der Waals surface area contributed by atoms with E-state index >= 15 is 0 Å². The van der Waals surface area contributed by atoms with Gasteiger partial charge < -0.3 is 15.8 Å². The van der Waals surface area contributed by atoms with Gasteiger partial charge in [0, 0.05) is 25.8 Å². The Hall–Kier alpha value is -0.610. The van der Waals surface area contributed by atoms with Gasteiger partial charge in [0.25, 0.3) is 0 Å². The fourth-order valence-electron chi connectivity index (χ4n) is 2.76. The Kier molecular flexibility index (Phi) is 3.82. The zero-order valence-electron chi connectivity index (χ0n) is 9.84. The highest BCUT2D eigenvalue weighted by Gasteiger charge is 2.40. The zero-order valence-corrected chi connectivity index (χ0v) is 9.84. The maximum Gasteiger partial charge on any atom is 0.227 e. The van der Waals surface area contributed by atoms with E-state index in [0.29, 0.717) is 12.6 Å². The second kappa shape index (κ2) is 5.15. The fourth-order valence-corrected chi connectivity index (χ4v) is 2.76. The summed E-state index contributed by atoms with van der Waals surface area (Å²) in [5, 5.41) is 3.15. The van der Waals surface area contributed by atoms with Gasteiger partial charge in [-0.25, -0.2) is 0 Å². The number of nitrogens with one attached hydrogen (secondary N) is 1. The first-order valence-electron chi connectivity index (χ1n) is 6.36. The summed E-state index contributed by atoms with van der Waals surface area (Å²) in [4.78, 5) is 12.2. The van der Waals surface area contributed by atoms with Crippen molar-refractivity contribution in [2.24, 2.45) is 11.1 Å². The Morgan fingerprint density at radius 2 is 1.94 bits per heavy atom. The molecule has 1 saturated carbocycles. The molecule has 2 aliphatic rings. The van der Waals surface area contributed by atoms with Crippen LogP contribution in [0.25, 0.3) is 0 Å². The van der Waals surface area contributed by atoms with Crippen LogP contribution < -0.4 is 11.1 Å². The molecule has 1 aliphatic heterocycles. The summed E-state index contributed by atoms with van der Waals surface area (Å²) in [7, 11) is 0. The largest absolute Gasteiger partial charge is 0.381 e. The Morgan fingerprint density at radius 1 is 1.31 bits per heavy atom. The number of hydrogen-bond donors (Lipinski definition) is 2. The van der Waals surface area contributed by atoms with E-state index in [0.717, 1.165) is 51.7 Å². The molecular formula is C12H22N2O2. The first-order chi connectivity index (χ1) is 7.77. The maximum absolute atomic E-state index is 12.2. The topological polar surface area (TPSA) is 64.4 Å². The van der Waals surface area contributed by atoms with Crippen molar-refractivity contribution in [1.29, 1.82) is 0 Å². The summed E-state index contributed by atoms with van der Waals surface area (Å²) in [6, 6.07) is 0.297. The first-order valence-corrected chi connectivity index (χ1v) is 6.36. The van der Waals surface area contributed by atoms with Crippen LogP contribution in [0.4, 0.5) is 0 Å². The highest BCUT2D eigenvalue weighted by atomic mass is 16.5. The van der Waals surface area contributed by atoms with Crippen molar-refractivity contribution in [3.63, 3.8) is 0 Å². The predicted octanol–water partition coefficient (Wildman–Crippen LogP) is 0.801.